The van der Waals surface area contributed by atoms with E-state index in [0.717, 1.165) is 18.4 Å². The van der Waals surface area contributed by atoms with Crippen LogP contribution in [0.25, 0.3) is 0 Å². The molecule has 17 heavy (non-hydrogen) atoms. The van der Waals surface area contributed by atoms with Gasteiger partial charge in [0.25, 0.3) is 0 Å². The minimum atomic E-state index is -1.15. The number of aliphatic hydroxyl groups is 1. The first-order chi connectivity index (χ1) is 8.27. The van der Waals surface area contributed by atoms with Crippen LogP contribution >= 0.6 is 0 Å². The predicted molar refractivity (Wildman–Crippen MR) is 64.3 cm³/mol. The molecule has 1 aliphatic carbocycles. The van der Waals surface area contributed by atoms with Crippen molar-refractivity contribution in [1.82, 2.24) is 0 Å². The maximum absolute atomic E-state index is 11.7. The molecule has 3 nitrogen and oxygen atoms in total. The lowest BCUT2D eigenvalue weighted by Gasteiger charge is -2.16. The molecule has 0 radical (unpaired) electrons. The molecule has 88 valence electrons. The lowest BCUT2D eigenvalue weighted by Crippen LogP contribution is -2.20. The van der Waals surface area contributed by atoms with Crippen molar-refractivity contribution in [3.63, 3.8) is 0 Å². The fourth-order valence-electron chi connectivity index (χ4n) is 1.65. The van der Waals surface area contributed by atoms with E-state index in [1.165, 1.54) is 0 Å². The number of aliphatic hydroxyl groups excluding tert-OH is 1. The van der Waals surface area contributed by atoms with Crippen LogP contribution in [0.3, 0.4) is 0 Å². The summed E-state index contributed by atoms with van der Waals surface area (Å²) < 4.78 is 4.99. The molecular weight excluding hydrogens is 216 g/mol. The van der Waals surface area contributed by atoms with Crippen molar-refractivity contribution in [2.24, 2.45) is 0 Å². The normalized spacial score (nSPS) is 16.2. The number of ether oxygens (including phenoxy) is 1. The zero-order valence-electron chi connectivity index (χ0n) is 9.37. The molecule has 1 aromatic rings. The molecule has 0 saturated carbocycles. The van der Waals surface area contributed by atoms with Crippen LogP contribution in [0.4, 0.5) is 0 Å². The van der Waals surface area contributed by atoms with Crippen LogP contribution in [0.5, 0.6) is 0 Å². The Labute approximate surface area is 100 Å². The first-order valence-electron chi connectivity index (χ1n) is 5.57. The highest BCUT2D eigenvalue weighted by Gasteiger charge is 2.17. The molecule has 0 aliphatic heterocycles. The van der Waals surface area contributed by atoms with Crippen LogP contribution in [0, 0.1) is 0 Å². The topological polar surface area (TPSA) is 46.5 Å². The molecule has 1 unspecified atom stereocenters. The van der Waals surface area contributed by atoms with Crippen molar-refractivity contribution in [3.8, 4) is 0 Å². The van der Waals surface area contributed by atoms with Gasteiger partial charge in [-0.3, -0.25) is 0 Å². The molecule has 0 spiro atoms. The molecular formula is C14H14O3. The van der Waals surface area contributed by atoms with E-state index in [0.29, 0.717) is 5.56 Å². The fraction of sp³-hybridized carbons (Fsp3) is 0.214. The largest absolute Gasteiger partial charge is 0.428 e. The van der Waals surface area contributed by atoms with Gasteiger partial charge in [0.15, 0.2) is 0 Å². The van der Waals surface area contributed by atoms with Gasteiger partial charge in [0.2, 0.25) is 6.29 Å². The van der Waals surface area contributed by atoms with Gasteiger partial charge in [0.05, 0.1) is 5.56 Å². The quantitative estimate of drug-likeness (QED) is 0.640. The Morgan fingerprint density at radius 3 is 2.71 bits per heavy atom. The van der Waals surface area contributed by atoms with Gasteiger partial charge in [0, 0.05) is 0 Å². The van der Waals surface area contributed by atoms with E-state index in [1.807, 2.05) is 18.2 Å². The number of allylic oxidation sites excluding steroid dienone is 3. The highest BCUT2D eigenvalue weighted by Crippen LogP contribution is 2.17. The second kappa shape index (κ2) is 5.46. The summed E-state index contributed by atoms with van der Waals surface area (Å²) in [5.41, 5.74) is 1.18. The molecule has 0 saturated heterocycles. The smallest absolute Gasteiger partial charge is 0.340 e. The van der Waals surface area contributed by atoms with Gasteiger partial charge in [-0.2, -0.15) is 0 Å². The molecule has 0 aromatic heterocycles. The maximum atomic E-state index is 11.7. The van der Waals surface area contributed by atoms with E-state index < -0.39 is 12.3 Å². The molecule has 1 aromatic carbocycles. The van der Waals surface area contributed by atoms with E-state index in [2.05, 4.69) is 0 Å². The number of hydrogen-bond donors (Lipinski definition) is 1. The van der Waals surface area contributed by atoms with Gasteiger partial charge in [0.1, 0.15) is 0 Å². The number of hydrogen-bond acceptors (Lipinski definition) is 3. The lowest BCUT2D eigenvalue weighted by molar-refractivity contribution is -0.0434. The molecule has 3 heteroatoms. The van der Waals surface area contributed by atoms with Gasteiger partial charge < -0.3 is 9.84 Å². The highest BCUT2D eigenvalue weighted by atomic mass is 16.6. The number of benzene rings is 1. The zero-order valence-corrected chi connectivity index (χ0v) is 9.37. The van der Waals surface area contributed by atoms with E-state index >= 15 is 0 Å². The second-order valence-electron chi connectivity index (χ2n) is 3.83. The number of rotatable bonds is 3. The summed E-state index contributed by atoms with van der Waals surface area (Å²) in [7, 11) is 0. The van der Waals surface area contributed by atoms with Crippen LogP contribution < -0.4 is 0 Å². The van der Waals surface area contributed by atoms with Crippen molar-refractivity contribution < 1.29 is 14.6 Å². The van der Waals surface area contributed by atoms with E-state index in [1.54, 1.807) is 30.3 Å². The third-order valence-corrected chi connectivity index (χ3v) is 2.59. The molecule has 0 fully saturated rings. The van der Waals surface area contributed by atoms with Crippen LogP contribution in [0.2, 0.25) is 0 Å². The standard InChI is InChI=1S/C14H14O3/c15-13(11-7-3-1-4-8-11)17-14(16)12-9-5-2-6-10-12/h1-5,7-9,14,16H,6,10H2. The minimum Gasteiger partial charge on any atom is -0.428 e. The average molecular weight is 230 g/mol. The Kier molecular flexibility index (Phi) is 3.73. The molecule has 2 rings (SSSR count). The SMILES string of the molecule is O=C(OC(O)C1=CC=CCC1)c1ccccc1. The van der Waals surface area contributed by atoms with E-state index in [4.69, 9.17) is 4.74 Å². The maximum Gasteiger partial charge on any atom is 0.340 e. The average Bonchev–Trinajstić information content (AvgIpc) is 2.40. The molecule has 1 aliphatic rings. The molecule has 1 N–H and O–H groups in total. The first kappa shape index (κ1) is 11.6. The number of carbonyl (C=O) groups excluding carboxylic acids is 1. The van der Waals surface area contributed by atoms with Gasteiger partial charge in [-0.1, -0.05) is 36.4 Å². The van der Waals surface area contributed by atoms with Crippen molar-refractivity contribution >= 4 is 5.97 Å². The predicted octanol–water partition coefficient (Wildman–Crippen LogP) is 2.44. The van der Waals surface area contributed by atoms with Gasteiger partial charge >= 0.3 is 5.97 Å². The fourth-order valence-corrected chi connectivity index (χ4v) is 1.65. The summed E-state index contributed by atoms with van der Waals surface area (Å²) in [5, 5.41) is 9.76. The summed E-state index contributed by atoms with van der Waals surface area (Å²) in [5.74, 6) is -0.506. The Morgan fingerprint density at radius 2 is 2.06 bits per heavy atom. The van der Waals surface area contributed by atoms with E-state index in [-0.39, 0.29) is 0 Å². The molecule has 1 atom stereocenters. The van der Waals surface area contributed by atoms with Crippen molar-refractivity contribution in [2.45, 2.75) is 19.1 Å². The minimum absolute atomic E-state index is 0.443. The monoisotopic (exact) mass is 230 g/mol. The van der Waals surface area contributed by atoms with Crippen LogP contribution in [-0.4, -0.2) is 17.4 Å². The van der Waals surface area contributed by atoms with Crippen molar-refractivity contribution in [1.29, 1.82) is 0 Å². The van der Waals surface area contributed by atoms with Crippen LogP contribution in [0.1, 0.15) is 23.2 Å². The van der Waals surface area contributed by atoms with E-state index in [9.17, 15) is 9.90 Å². The Morgan fingerprint density at radius 1 is 1.29 bits per heavy atom. The third-order valence-electron chi connectivity index (χ3n) is 2.59. The second-order valence-corrected chi connectivity index (χ2v) is 3.83. The van der Waals surface area contributed by atoms with Crippen molar-refractivity contribution in [2.75, 3.05) is 0 Å². The van der Waals surface area contributed by atoms with Gasteiger partial charge in [-0.05, 0) is 30.5 Å². The zero-order chi connectivity index (χ0) is 12.1. The summed E-state index contributed by atoms with van der Waals surface area (Å²) in [6.07, 6.45) is 6.10. The van der Waals surface area contributed by atoms with Crippen molar-refractivity contribution in [3.05, 3.63) is 59.7 Å². The van der Waals surface area contributed by atoms with Crippen LogP contribution in [-0.2, 0) is 4.74 Å². The molecule has 0 amide bonds. The third kappa shape index (κ3) is 3.04. The summed E-state index contributed by atoms with van der Waals surface area (Å²) in [6.45, 7) is 0. The lowest BCUT2D eigenvalue weighted by atomic mass is 10.1. The summed E-state index contributed by atoms with van der Waals surface area (Å²) in [6, 6.07) is 8.65. The Hall–Kier alpha value is -1.87. The van der Waals surface area contributed by atoms with Gasteiger partial charge in [-0.15, -0.1) is 0 Å². The Bertz CT molecular complexity index is 446. The van der Waals surface area contributed by atoms with Crippen LogP contribution in [0.15, 0.2) is 54.1 Å². The summed E-state index contributed by atoms with van der Waals surface area (Å²) >= 11 is 0. The number of carbonyl (C=O) groups is 1. The van der Waals surface area contributed by atoms with Gasteiger partial charge in [-0.25, -0.2) is 4.79 Å². The first-order valence-corrected chi connectivity index (χ1v) is 5.57. The highest BCUT2D eigenvalue weighted by molar-refractivity contribution is 5.89. The summed E-state index contributed by atoms with van der Waals surface area (Å²) in [4.78, 5) is 11.7. The number of esters is 1. The molecule has 0 bridgehead atoms. The molecule has 0 heterocycles. The Balaban J connectivity index is 1.99.